The number of amides is 1. The van der Waals surface area contributed by atoms with E-state index in [2.05, 4.69) is 5.10 Å². The van der Waals surface area contributed by atoms with Crippen molar-refractivity contribution < 1.29 is 19.1 Å². The highest BCUT2D eigenvalue weighted by Crippen LogP contribution is 2.19. The number of carboxylic acid groups (broad SMARTS) is 1. The van der Waals surface area contributed by atoms with E-state index in [9.17, 15) is 14.0 Å². The van der Waals surface area contributed by atoms with E-state index in [0.29, 0.717) is 30.6 Å². The number of nitrogens with zero attached hydrogens (tertiary/aromatic N) is 3. The van der Waals surface area contributed by atoms with E-state index in [-0.39, 0.29) is 24.0 Å². The van der Waals surface area contributed by atoms with Gasteiger partial charge in [-0.1, -0.05) is 0 Å². The highest BCUT2D eigenvalue weighted by Gasteiger charge is 2.29. The van der Waals surface area contributed by atoms with Crippen LogP contribution in [0.4, 0.5) is 4.39 Å². The van der Waals surface area contributed by atoms with Gasteiger partial charge in [-0.3, -0.25) is 9.59 Å². The van der Waals surface area contributed by atoms with Crippen molar-refractivity contribution in [3.63, 3.8) is 0 Å². The lowest BCUT2D eigenvalue weighted by Gasteiger charge is -2.30. The molecule has 1 saturated heterocycles. The molecule has 0 aliphatic carbocycles. The number of likely N-dealkylation sites (tertiary alicyclic amines) is 1. The van der Waals surface area contributed by atoms with Crippen molar-refractivity contribution >= 4 is 11.9 Å². The summed E-state index contributed by atoms with van der Waals surface area (Å²) in [6.07, 6.45) is 2.90. The van der Waals surface area contributed by atoms with Gasteiger partial charge in [0.1, 0.15) is 5.82 Å². The van der Waals surface area contributed by atoms with Crippen molar-refractivity contribution in [2.45, 2.75) is 19.8 Å². The van der Waals surface area contributed by atoms with Crippen molar-refractivity contribution in [3.05, 3.63) is 47.5 Å². The fourth-order valence-corrected chi connectivity index (χ4v) is 2.97. The molecule has 2 heterocycles. The van der Waals surface area contributed by atoms with Gasteiger partial charge in [0, 0.05) is 19.3 Å². The molecule has 2 aromatic rings. The van der Waals surface area contributed by atoms with Crippen LogP contribution in [0.5, 0.6) is 0 Å². The zero-order valence-corrected chi connectivity index (χ0v) is 13.3. The van der Waals surface area contributed by atoms with Crippen molar-refractivity contribution in [3.8, 4) is 5.69 Å². The Labute approximate surface area is 138 Å². The van der Waals surface area contributed by atoms with E-state index >= 15 is 0 Å². The van der Waals surface area contributed by atoms with Gasteiger partial charge in [-0.25, -0.2) is 9.07 Å². The zero-order chi connectivity index (χ0) is 17.3. The molecule has 1 aromatic carbocycles. The number of hydrogen-bond donors (Lipinski definition) is 1. The third-order valence-corrected chi connectivity index (χ3v) is 4.27. The first-order chi connectivity index (χ1) is 11.5. The molecule has 6 nitrogen and oxygen atoms in total. The predicted molar refractivity (Wildman–Crippen MR) is 84.5 cm³/mol. The molecule has 0 bridgehead atoms. The number of carboxylic acids is 1. The Kier molecular flexibility index (Phi) is 4.33. The van der Waals surface area contributed by atoms with Crippen LogP contribution in [-0.4, -0.2) is 44.8 Å². The summed E-state index contributed by atoms with van der Waals surface area (Å²) in [7, 11) is 0. The van der Waals surface area contributed by atoms with Gasteiger partial charge in [0.15, 0.2) is 5.69 Å². The van der Waals surface area contributed by atoms with Gasteiger partial charge in [0.05, 0.1) is 11.6 Å². The van der Waals surface area contributed by atoms with E-state index in [1.54, 1.807) is 25.3 Å². The van der Waals surface area contributed by atoms with Gasteiger partial charge < -0.3 is 10.0 Å². The first-order valence-corrected chi connectivity index (χ1v) is 7.80. The van der Waals surface area contributed by atoms with Crippen LogP contribution in [0.15, 0.2) is 30.5 Å². The molecule has 0 spiro atoms. The Morgan fingerprint density at radius 1 is 1.33 bits per heavy atom. The molecule has 126 valence electrons. The quantitative estimate of drug-likeness (QED) is 0.936. The maximum absolute atomic E-state index is 13.2. The minimum Gasteiger partial charge on any atom is -0.481 e. The highest BCUT2D eigenvalue weighted by molar-refractivity contribution is 5.92. The number of carbonyl (C=O) groups is 2. The van der Waals surface area contributed by atoms with Crippen LogP contribution in [0.25, 0.3) is 5.69 Å². The summed E-state index contributed by atoms with van der Waals surface area (Å²) in [6.45, 7) is 2.51. The second-order valence-electron chi connectivity index (χ2n) is 6.00. The molecule has 1 aliphatic rings. The Hall–Kier alpha value is -2.70. The number of benzene rings is 1. The molecule has 1 atom stereocenters. The standard InChI is InChI=1S/C17H18FN3O3/c1-11-9-13(18)4-5-15(11)21-8-6-14(19-21)16(22)20-7-2-3-12(10-20)17(23)24/h4-6,8-9,12H,2-3,7,10H2,1H3,(H,23,24)/t12-/m0/s1. The van der Waals surface area contributed by atoms with Gasteiger partial charge in [-0.05, 0) is 49.6 Å². The largest absolute Gasteiger partial charge is 0.481 e. The second-order valence-corrected chi connectivity index (χ2v) is 6.00. The van der Waals surface area contributed by atoms with E-state index in [1.807, 2.05) is 0 Å². The van der Waals surface area contributed by atoms with Crippen LogP contribution < -0.4 is 0 Å². The smallest absolute Gasteiger partial charge is 0.308 e. The third kappa shape index (κ3) is 3.15. The summed E-state index contributed by atoms with van der Waals surface area (Å²) in [5, 5.41) is 13.4. The van der Waals surface area contributed by atoms with Crippen LogP contribution in [0, 0.1) is 18.7 Å². The predicted octanol–water partition coefficient (Wildman–Crippen LogP) is 2.26. The topological polar surface area (TPSA) is 75.4 Å². The number of carbonyl (C=O) groups excluding carboxylic acids is 1. The summed E-state index contributed by atoms with van der Waals surface area (Å²) in [4.78, 5) is 25.2. The first-order valence-electron chi connectivity index (χ1n) is 7.80. The van der Waals surface area contributed by atoms with Gasteiger partial charge in [0.25, 0.3) is 5.91 Å². The lowest BCUT2D eigenvalue weighted by molar-refractivity contribution is -0.143. The van der Waals surface area contributed by atoms with Gasteiger partial charge in [0.2, 0.25) is 0 Å². The number of hydrogen-bond acceptors (Lipinski definition) is 3. The lowest BCUT2D eigenvalue weighted by atomic mass is 9.98. The van der Waals surface area contributed by atoms with E-state index in [4.69, 9.17) is 5.11 Å². The molecule has 3 rings (SSSR count). The maximum Gasteiger partial charge on any atom is 0.308 e. The maximum atomic E-state index is 13.2. The average Bonchev–Trinajstić information content (AvgIpc) is 3.04. The molecule has 7 heteroatoms. The normalized spacial score (nSPS) is 17.8. The van der Waals surface area contributed by atoms with Crippen LogP contribution in [-0.2, 0) is 4.79 Å². The molecule has 0 unspecified atom stereocenters. The molecule has 1 amide bonds. The van der Waals surface area contributed by atoms with Crippen molar-refractivity contribution in [2.75, 3.05) is 13.1 Å². The van der Waals surface area contributed by atoms with E-state index in [0.717, 1.165) is 0 Å². The SMILES string of the molecule is Cc1cc(F)ccc1-n1ccc(C(=O)N2CCC[C@H](C(=O)O)C2)n1. The summed E-state index contributed by atoms with van der Waals surface area (Å²) < 4.78 is 14.7. The molecule has 1 aliphatic heterocycles. The number of rotatable bonds is 3. The molecule has 24 heavy (non-hydrogen) atoms. The minimum absolute atomic E-state index is 0.205. The molecular formula is C17H18FN3O3. The summed E-state index contributed by atoms with van der Waals surface area (Å²) in [5.74, 6) is -2.00. The first kappa shape index (κ1) is 16.2. The van der Waals surface area contributed by atoms with Crippen LogP contribution in [0.2, 0.25) is 0 Å². The molecule has 1 aromatic heterocycles. The molecule has 0 radical (unpaired) electrons. The van der Waals surface area contributed by atoms with Crippen LogP contribution >= 0.6 is 0 Å². The number of aromatic nitrogens is 2. The fourth-order valence-electron chi connectivity index (χ4n) is 2.97. The summed E-state index contributed by atoms with van der Waals surface area (Å²) in [6, 6.07) is 5.94. The Balaban J connectivity index is 1.80. The van der Waals surface area contributed by atoms with Crippen molar-refractivity contribution in [1.82, 2.24) is 14.7 Å². The lowest BCUT2D eigenvalue weighted by Crippen LogP contribution is -2.42. The molecule has 1 fully saturated rings. The molecular weight excluding hydrogens is 313 g/mol. The number of aryl methyl sites for hydroxylation is 1. The Morgan fingerprint density at radius 2 is 2.12 bits per heavy atom. The van der Waals surface area contributed by atoms with Crippen LogP contribution in [0.1, 0.15) is 28.9 Å². The Bertz CT molecular complexity index is 787. The number of piperidine rings is 1. The minimum atomic E-state index is -0.875. The Morgan fingerprint density at radius 3 is 2.83 bits per heavy atom. The highest BCUT2D eigenvalue weighted by atomic mass is 19.1. The summed E-state index contributed by atoms with van der Waals surface area (Å²) in [5.41, 5.74) is 1.66. The van der Waals surface area contributed by atoms with Gasteiger partial charge in [-0.2, -0.15) is 5.10 Å². The number of halogens is 1. The van der Waals surface area contributed by atoms with Gasteiger partial charge in [-0.15, -0.1) is 0 Å². The van der Waals surface area contributed by atoms with Gasteiger partial charge >= 0.3 is 5.97 Å². The van der Waals surface area contributed by atoms with Crippen molar-refractivity contribution in [1.29, 1.82) is 0 Å². The van der Waals surface area contributed by atoms with E-state index < -0.39 is 11.9 Å². The fraction of sp³-hybridized carbons (Fsp3) is 0.353. The van der Waals surface area contributed by atoms with E-state index in [1.165, 1.54) is 21.7 Å². The third-order valence-electron chi connectivity index (χ3n) is 4.27. The molecule has 0 saturated carbocycles. The molecule has 1 N–H and O–H groups in total. The average molecular weight is 331 g/mol. The van der Waals surface area contributed by atoms with Crippen molar-refractivity contribution in [2.24, 2.45) is 5.92 Å². The monoisotopic (exact) mass is 331 g/mol. The van der Waals surface area contributed by atoms with Crippen LogP contribution in [0.3, 0.4) is 0 Å². The number of aliphatic carboxylic acids is 1. The zero-order valence-electron chi connectivity index (χ0n) is 13.3. The summed E-state index contributed by atoms with van der Waals surface area (Å²) >= 11 is 0. The second kappa shape index (κ2) is 6.43.